The Hall–Kier alpha value is -0.650. The Morgan fingerprint density at radius 3 is 2.53 bits per heavy atom. The van der Waals surface area contributed by atoms with Crippen molar-refractivity contribution in [1.82, 2.24) is 10.2 Å². The number of rotatable bonds is 11. The molecule has 0 spiro atoms. The van der Waals surface area contributed by atoms with E-state index in [4.69, 9.17) is 9.84 Å². The molecule has 0 fully saturated rings. The van der Waals surface area contributed by atoms with Crippen LogP contribution in [-0.2, 0) is 9.53 Å². The molecule has 0 bridgehead atoms. The van der Waals surface area contributed by atoms with Crippen molar-refractivity contribution in [2.24, 2.45) is 0 Å². The van der Waals surface area contributed by atoms with Gasteiger partial charge in [-0.05, 0) is 26.4 Å². The molecule has 17 heavy (non-hydrogen) atoms. The van der Waals surface area contributed by atoms with Gasteiger partial charge in [0, 0.05) is 19.7 Å². The Morgan fingerprint density at radius 2 is 2.06 bits per heavy atom. The summed E-state index contributed by atoms with van der Waals surface area (Å²) in [7, 11) is 0. The summed E-state index contributed by atoms with van der Waals surface area (Å²) >= 11 is 0. The summed E-state index contributed by atoms with van der Waals surface area (Å²) in [5.41, 5.74) is 0. The fraction of sp³-hybridized carbons (Fsp3) is 0.917. The summed E-state index contributed by atoms with van der Waals surface area (Å²) in [6.45, 7) is 10.7. The van der Waals surface area contributed by atoms with Gasteiger partial charge in [0.25, 0.3) is 0 Å². The van der Waals surface area contributed by atoms with Crippen LogP contribution in [0, 0.1) is 0 Å². The number of carboxylic acids is 1. The fourth-order valence-corrected chi connectivity index (χ4v) is 1.64. The standard InChI is InChI=1S/C12H26N2O3/c1-4-13-11(12(15)16)7-8-14(5-2)9-10-17-6-3/h11,13H,4-10H2,1-3H3,(H,15,16). The molecule has 5 nitrogen and oxygen atoms in total. The van der Waals surface area contributed by atoms with Crippen LogP contribution in [0.15, 0.2) is 0 Å². The maximum Gasteiger partial charge on any atom is 0.320 e. The van der Waals surface area contributed by atoms with E-state index < -0.39 is 12.0 Å². The minimum absolute atomic E-state index is 0.443. The highest BCUT2D eigenvalue weighted by atomic mass is 16.5. The number of hydrogen-bond acceptors (Lipinski definition) is 4. The van der Waals surface area contributed by atoms with Crippen molar-refractivity contribution in [2.75, 3.05) is 39.4 Å². The minimum Gasteiger partial charge on any atom is -0.480 e. The number of aliphatic carboxylic acids is 1. The van der Waals surface area contributed by atoms with Gasteiger partial charge in [0.15, 0.2) is 0 Å². The first-order chi connectivity index (χ1) is 8.15. The Morgan fingerprint density at radius 1 is 1.35 bits per heavy atom. The predicted molar refractivity (Wildman–Crippen MR) is 68.3 cm³/mol. The van der Waals surface area contributed by atoms with E-state index in [1.165, 1.54) is 0 Å². The molecule has 0 rings (SSSR count). The van der Waals surface area contributed by atoms with Gasteiger partial charge >= 0.3 is 5.97 Å². The number of carboxylic acid groups (broad SMARTS) is 1. The number of nitrogens with zero attached hydrogens (tertiary/aromatic N) is 1. The van der Waals surface area contributed by atoms with Crippen LogP contribution in [0.3, 0.4) is 0 Å². The second-order valence-electron chi connectivity index (χ2n) is 3.87. The normalized spacial score (nSPS) is 12.9. The van der Waals surface area contributed by atoms with E-state index in [1.54, 1.807) is 0 Å². The van der Waals surface area contributed by atoms with Crippen molar-refractivity contribution in [3.05, 3.63) is 0 Å². The van der Waals surface area contributed by atoms with Crippen molar-refractivity contribution < 1.29 is 14.6 Å². The summed E-state index contributed by atoms with van der Waals surface area (Å²) in [6, 6.07) is -0.443. The summed E-state index contributed by atoms with van der Waals surface area (Å²) in [5, 5.41) is 12.0. The number of ether oxygens (including phenoxy) is 1. The zero-order valence-corrected chi connectivity index (χ0v) is 11.2. The van der Waals surface area contributed by atoms with E-state index in [9.17, 15) is 4.79 Å². The molecule has 0 aromatic heterocycles. The van der Waals surface area contributed by atoms with Gasteiger partial charge in [-0.2, -0.15) is 0 Å². The zero-order chi connectivity index (χ0) is 13.1. The monoisotopic (exact) mass is 246 g/mol. The van der Waals surface area contributed by atoms with Crippen LogP contribution in [0.25, 0.3) is 0 Å². The lowest BCUT2D eigenvalue weighted by Gasteiger charge is -2.22. The summed E-state index contributed by atoms with van der Waals surface area (Å²) in [4.78, 5) is 13.2. The van der Waals surface area contributed by atoms with Crippen LogP contribution in [-0.4, -0.2) is 61.4 Å². The predicted octanol–water partition coefficient (Wildman–Crippen LogP) is 0.798. The van der Waals surface area contributed by atoms with Crippen LogP contribution >= 0.6 is 0 Å². The quantitative estimate of drug-likeness (QED) is 0.528. The molecule has 5 heteroatoms. The van der Waals surface area contributed by atoms with Crippen LogP contribution in [0.1, 0.15) is 27.2 Å². The average molecular weight is 246 g/mol. The molecule has 1 atom stereocenters. The molecule has 1 unspecified atom stereocenters. The van der Waals surface area contributed by atoms with Crippen molar-refractivity contribution in [2.45, 2.75) is 33.2 Å². The van der Waals surface area contributed by atoms with E-state index in [0.29, 0.717) is 19.6 Å². The number of carbonyl (C=O) groups is 1. The third-order valence-electron chi connectivity index (χ3n) is 2.69. The van der Waals surface area contributed by atoms with Gasteiger partial charge < -0.3 is 20.1 Å². The average Bonchev–Trinajstić information content (AvgIpc) is 2.31. The van der Waals surface area contributed by atoms with Crippen molar-refractivity contribution in [3.63, 3.8) is 0 Å². The van der Waals surface area contributed by atoms with Crippen molar-refractivity contribution in [3.8, 4) is 0 Å². The molecule has 0 aliphatic carbocycles. The topological polar surface area (TPSA) is 61.8 Å². The van der Waals surface area contributed by atoms with Crippen LogP contribution < -0.4 is 5.32 Å². The van der Waals surface area contributed by atoms with Gasteiger partial charge in [-0.25, -0.2) is 0 Å². The molecule has 0 radical (unpaired) electrons. The molecule has 0 aliphatic heterocycles. The minimum atomic E-state index is -0.771. The highest BCUT2D eigenvalue weighted by Gasteiger charge is 2.16. The van der Waals surface area contributed by atoms with Gasteiger partial charge in [0.05, 0.1) is 6.61 Å². The molecule has 0 saturated heterocycles. The molecular formula is C12H26N2O3. The SMILES string of the molecule is CCNC(CCN(CC)CCOCC)C(=O)O. The third kappa shape index (κ3) is 8.12. The second-order valence-corrected chi connectivity index (χ2v) is 3.87. The molecular weight excluding hydrogens is 220 g/mol. The number of likely N-dealkylation sites (N-methyl/N-ethyl adjacent to an activating group) is 2. The summed E-state index contributed by atoms with van der Waals surface area (Å²) in [5.74, 6) is -0.771. The lowest BCUT2D eigenvalue weighted by molar-refractivity contribution is -0.139. The Balaban J connectivity index is 3.88. The lowest BCUT2D eigenvalue weighted by atomic mass is 10.2. The van der Waals surface area contributed by atoms with Crippen LogP contribution in [0.4, 0.5) is 0 Å². The highest BCUT2D eigenvalue weighted by Crippen LogP contribution is 1.97. The maximum atomic E-state index is 10.9. The first kappa shape index (κ1) is 16.4. The van der Waals surface area contributed by atoms with E-state index >= 15 is 0 Å². The smallest absolute Gasteiger partial charge is 0.320 e. The molecule has 0 amide bonds. The Labute approximate surface area is 104 Å². The summed E-state index contributed by atoms with van der Waals surface area (Å²) < 4.78 is 5.29. The number of hydrogen-bond donors (Lipinski definition) is 2. The molecule has 0 saturated carbocycles. The van der Waals surface area contributed by atoms with Crippen LogP contribution in [0.5, 0.6) is 0 Å². The van der Waals surface area contributed by atoms with Gasteiger partial charge in [-0.15, -0.1) is 0 Å². The second kappa shape index (κ2) is 10.5. The van der Waals surface area contributed by atoms with Crippen LogP contribution in [0.2, 0.25) is 0 Å². The molecule has 0 heterocycles. The van der Waals surface area contributed by atoms with E-state index in [0.717, 1.165) is 26.2 Å². The summed E-state index contributed by atoms with van der Waals surface area (Å²) in [6.07, 6.45) is 0.628. The fourth-order valence-electron chi connectivity index (χ4n) is 1.64. The number of nitrogens with one attached hydrogen (secondary N) is 1. The highest BCUT2D eigenvalue weighted by molar-refractivity contribution is 5.73. The Bertz CT molecular complexity index is 200. The zero-order valence-electron chi connectivity index (χ0n) is 11.2. The first-order valence-electron chi connectivity index (χ1n) is 6.41. The van der Waals surface area contributed by atoms with Crippen molar-refractivity contribution >= 4 is 5.97 Å². The molecule has 0 aliphatic rings. The largest absolute Gasteiger partial charge is 0.480 e. The van der Waals surface area contributed by atoms with Gasteiger partial charge in [-0.3, -0.25) is 4.79 Å². The van der Waals surface area contributed by atoms with Gasteiger partial charge in [0.2, 0.25) is 0 Å². The molecule has 0 aromatic rings. The Kier molecular flexibility index (Phi) is 10.1. The van der Waals surface area contributed by atoms with Gasteiger partial charge in [-0.1, -0.05) is 13.8 Å². The van der Waals surface area contributed by atoms with E-state index in [1.807, 2.05) is 13.8 Å². The molecule has 2 N–H and O–H groups in total. The van der Waals surface area contributed by atoms with E-state index in [2.05, 4.69) is 17.1 Å². The third-order valence-corrected chi connectivity index (χ3v) is 2.69. The molecule has 0 aromatic carbocycles. The molecule has 102 valence electrons. The van der Waals surface area contributed by atoms with E-state index in [-0.39, 0.29) is 0 Å². The van der Waals surface area contributed by atoms with Crippen molar-refractivity contribution in [1.29, 1.82) is 0 Å². The first-order valence-corrected chi connectivity index (χ1v) is 6.41. The lowest BCUT2D eigenvalue weighted by Crippen LogP contribution is -2.40. The van der Waals surface area contributed by atoms with Gasteiger partial charge in [0.1, 0.15) is 6.04 Å². The maximum absolute atomic E-state index is 10.9.